The fourth-order valence-electron chi connectivity index (χ4n) is 2.44. The zero-order valence-corrected chi connectivity index (χ0v) is 8.14. The molecule has 2 aliphatic rings. The van der Waals surface area contributed by atoms with E-state index in [4.69, 9.17) is 10.2 Å². The Morgan fingerprint density at radius 1 is 1.00 bits per heavy atom. The molecular formula is C11H12O4. The predicted octanol–water partition coefficient (Wildman–Crippen LogP) is 1.44. The third-order valence-corrected chi connectivity index (χ3v) is 3.19. The number of rotatable bonds is 2. The lowest BCUT2D eigenvalue weighted by molar-refractivity contribution is -0.133. The number of carboxylic acids is 2. The van der Waals surface area contributed by atoms with Crippen LogP contribution in [0.5, 0.6) is 0 Å². The van der Waals surface area contributed by atoms with E-state index in [1.54, 1.807) is 12.2 Å². The van der Waals surface area contributed by atoms with Crippen molar-refractivity contribution in [3.8, 4) is 0 Å². The van der Waals surface area contributed by atoms with Gasteiger partial charge >= 0.3 is 11.9 Å². The highest BCUT2D eigenvalue weighted by molar-refractivity contribution is 5.90. The molecular weight excluding hydrogens is 196 g/mol. The molecule has 0 fully saturated rings. The van der Waals surface area contributed by atoms with E-state index in [2.05, 4.69) is 0 Å². The van der Waals surface area contributed by atoms with Crippen LogP contribution in [0.15, 0.2) is 23.3 Å². The van der Waals surface area contributed by atoms with Crippen molar-refractivity contribution < 1.29 is 19.8 Å². The van der Waals surface area contributed by atoms with E-state index in [9.17, 15) is 9.59 Å². The second kappa shape index (κ2) is 3.53. The van der Waals surface area contributed by atoms with Crippen LogP contribution in [-0.4, -0.2) is 22.2 Å². The van der Waals surface area contributed by atoms with E-state index in [0.717, 1.165) is 0 Å². The van der Waals surface area contributed by atoms with Crippen LogP contribution >= 0.6 is 0 Å². The number of carboxylic acid groups (broad SMARTS) is 2. The van der Waals surface area contributed by atoms with Crippen LogP contribution in [0.1, 0.15) is 19.3 Å². The number of fused-ring (bicyclic) bond motifs is 2. The maximum Gasteiger partial charge on any atom is 0.331 e. The SMILES string of the molecule is O=C(O)C1=CCC2CC1CC=C2C(=O)O. The van der Waals surface area contributed by atoms with Crippen molar-refractivity contribution in [1.29, 1.82) is 0 Å². The van der Waals surface area contributed by atoms with Gasteiger partial charge in [-0.25, -0.2) is 9.59 Å². The van der Waals surface area contributed by atoms with Crippen molar-refractivity contribution in [2.75, 3.05) is 0 Å². The molecule has 0 spiro atoms. The highest BCUT2D eigenvalue weighted by atomic mass is 16.4. The molecule has 0 aromatic rings. The fraction of sp³-hybridized carbons (Fsp3) is 0.455. The zero-order chi connectivity index (χ0) is 11.0. The van der Waals surface area contributed by atoms with E-state index in [-0.39, 0.29) is 11.8 Å². The van der Waals surface area contributed by atoms with Crippen molar-refractivity contribution in [2.45, 2.75) is 19.3 Å². The van der Waals surface area contributed by atoms with Gasteiger partial charge in [-0.05, 0) is 31.1 Å². The summed E-state index contributed by atoms with van der Waals surface area (Å²) in [5, 5.41) is 17.8. The molecule has 0 aromatic carbocycles. The predicted molar refractivity (Wildman–Crippen MR) is 52.3 cm³/mol. The summed E-state index contributed by atoms with van der Waals surface area (Å²) in [7, 11) is 0. The largest absolute Gasteiger partial charge is 0.478 e. The Morgan fingerprint density at radius 2 is 1.40 bits per heavy atom. The highest BCUT2D eigenvalue weighted by Gasteiger charge is 2.34. The summed E-state index contributed by atoms with van der Waals surface area (Å²) in [6.45, 7) is 0. The lowest BCUT2D eigenvalue weighted by Gasteiger charge is -2.32. The topological polar surface area (TPSA) is 74.6 Å². The van der Waals surface area contributed by atoms with Crippen LogP contribution in [0.3, 0.4) is 0 Å². The van der Waals surface area contributed by atoms with E-state index in [1.807, 2.05) is 0 Å². The number of carbonyl (C=O) groups is 2. The van der Waals surface area contributed by atoms with E-state index in [0.29, 0.717) is 30.4 Å². The lowest BCUT2D eigenvalue weighted by atomic mass is 9.72. The second-order valence-corrected chi connectivity index (χ2v) is 4.03. The first-order valence-electron chi connectivity index (χ1n) is 4.96. The molecule has 0 aromatic heterocycles. The maximum absolute atomic E-state index is 10.9. The molecule has 2 aliphatic carbocycles. The Bertz CT molecular complexity index is 342. The highest BCUT2D eigenvalue weighted by Crippen LogP contribution is 2.40. The van der Waals surface area contributed by atoms with Crippen molar-refractivity contribution >= 4 is 11.9 Å². The summed E-state index contributed by atoms with van der Waals surface area (Å²) in [6, 6.07) is 0. The monoisotopic (exact) mass is 208 g/mol. The van der Waals surface area contributed by atoms with Crippen LogP contribution in [-0.2, 0) is 9.59 Å². The van der Waals surface area contributed by atoms with Crippen LogP contribution in [0, 0.1) is 11.8 Å². The van der Waals surface area contributed by atoms with Gasteiger partial charge in [0.2, 0.25) is 0 Å². The summed E-state index contributed by atoms with van der Waals surface area (Å²) < 4.78 is 0. The molecule has 2 bridgehead atoms. The quantitative estimate of drug-likeness (QED) is 0.720. The molecule has 2 atom stereocenters. The number of hydrogen-bond acceptors (Lipinski definition) is 2. The van der Waals surface area contributed by atoms with Gasteiger partial charge in [-0.3, -0.25) is 0 Å². The summed E-state index contributed by atoms with van der Waals surface area (Å²) >= 11 is 0. The van der Waals surface area contributed by atoms with E-state index < -0.39 is 11.9 Å². The van der Waals surface area contributed by atoms with Gasteiger partial charge in [-0.15, -0.1) is 0 Å². The first-order chi connectivity index (χ1) is 7.09. The average molecular weight is 208 g/mol. The Morgan fingerprint density at radius 3 is 1.73 bits per heavy atom. The van der Waals surface area contributed by atoms with Crippen molar-refractivity contribution in [3.05, 3.63) is 23.3 Å². The minimum Gasteiger partial charge on any atom is -0.478 e. The zero-order valence-electron chi connectivity index (χ0n) is 8.14. The Hall–Kier alpha value is -1.58. The molecule has 4 heteroatoms. The van der Waals surface area contributed by atoms with Crippen molar-refractivity contribution in [3.63, 3.8) is 0 Å². The van der Waals surface area contributed by atoms with Gasteiger partial charge in [-0.2, -0.15) is 0 Å². The van der Waals surface area contributed by atoms with Crippen molar-refractivity contribution in [2.24, 2.45) is 11.8 Å². The first-order valence-corrected chi connectivity index (χ1v) is 4.96. The van der Waals surface area contributed by atoms with Gasteiger partial charge in [0.25, 0.3) is 0 Å². The molecule has 0 radical (unpaired) electrons. The molecule has 0 amide bonds. The average Bonchev–Trinajstić information content (AvgIpc) is 2.17. The number of allylic oxidation sites excluding steroid dienone is 2. The van der Waals surface area contributed by atoms with Gasteiger partial charge in [0.05, 0.1) is 0 Å². The minimum atomic E-state index is -0.870. The van der Waals surface area contributed by atoms with Gasteiger partial charge in [0.1, 0.15) is 0 Å². The molecule has 0 saturated carbocycles. The van der Waals surface area contributed by atoms with Gasteiger partial charge in [-0.1, -0.05) is 12.2 Å². The minimum absolute atomic E-state index is 0.00403. The molecule has 2 unspecified atom stereocenters. The fourth-order valence-corrected chi connectivity index (χ4v) is 2.44. The number of aliphatic carboxylic acids is 2. The molecule has 0 saturated heterocycles. The van der Waals surface area contributed by atoms with Crippen LogP contribution in [0.4, 0.5) is 0 Å². The molecule has 2 N–H and O–H groups in total. The lowest BCUT2D eigenvalue weighted by Crippen LogP contribution is -2.27. The molecule has 2 rings (SSSR count). The smallest absolute Gasteiger partial charge is 0.331 e. The standard InChI is InChI=1S/C11H12O4/c12-10(13)8-3-1-6-5-7(8)2-4-9(6)11(14)15/h3-4,6-7H,1-2,5H2,(H,12,13)(H,14,15). The maximum atomic E-state index is 10.9. The van der Waals surface area contributed by atoms with E-state index >= 15 is 0 Å². The number of hydrogen-bond donors (Lipinski definition) is 2. The molecule has 0 heterocycles. The van der Waals surface area contributed by atoms with E-state index in [1.165, 1.54) is 0 Å². The molecule has 4 nitrogen and oxygen atoms in total. The first kappa shape index (κ1) is 9.96. The second-order valence-electron chi connectivity index (χ2n) is 4.03. The van der Waals surface area contributed by atoms with Crippen LogP contribution in [0.2, 0.25) is 0 Å². The summed E-state index contributed by atoms with van der Waals surface area (Å²) in [6.07, 6.45) is 5.09. The van der Waals surface area contributed by atoms with Gasteiger partial charge in [0.15, 0.2) is 0 Å². The van der Waals surface area contributed by atoms with Gasteiger partial charge in [0, 0.05) is 11.1 Å². The normalized spacial score (nSPS) is 29.1. The van der Waals surface area contributed by atoms with Crippen LogP contribution < -0.4 is 0 Å². The summed E-state index contributed by atoms with van der Waals surface area (Å²) in [5.74, 6) is -1.73. The van der Waals surface area contributed by atoms with Gasteiger partial charge < -0.3 is 10.2 Å². The molecule has 80 valence electrons. The van der Waals surface area contributed by atoms with Crippen LogP contribution in [0.25, 0.3) is 0 Å². The Labute approximate surface area is 86.9 Å². The summed E-state index contributed by atoms with van der Waals surface area (Å²) in [4.78, 5) is 21.7. The Kier molecular flexibility index (Phi) is 2.34. The Balaban J connectivity index is 2.23. The third-order valence-electron chi connectivity index (χ3n) is 3.19. The summed E-state index contributed by atoms with van der Waals surface area (Å²) in [5.41, 5.74) is 0.902. The van der Waals surface area contributed by atoms with Crippen molar-refractivity contribution in [1.82, 2.24) is 0 Å². The molecule has 0 aliphatic heterocycles. The molecule has 15 heavy (non-hydrogen) atoms. The third kappa shape index (κ3) is 1.67.